The number of hydrogen-bond acceptors (Lipinski definition) is 7. The Hall–Kier alpha value is -3.72. The Balaban J connectivity index is 1.83. The van der Waals surface area contributed by atoms with Crippen molar-refractivity contribution in [2.45, 2.75) is 25.0 Å². The molecule has 0 spiro atoms. The van der Waals surface area contributed by atoms with E-state index >= 15 is 0 Å². The fourth-order valence-electron chi connectivity index (χ4n) is 4.14. The average molecular weight is 438 g/mol. The van der Waals surface area contributed by atoms with Crippen LogP contribution in [0.4, 0.5) is 5.69 Å². The lowest BCUT2D eigenvalue weighted by Gasteiger charge is -2.27. The lowest BCUT2D eigenvalue weighted by molar-refractivity contribution is -0.384. The fraction of sp³-hybridized carbons (Fsp3) is 0.304. The first kappa shape index (κ1) is 21.5. The molecule has 0 saturated carbocycles. The van der Waals surface area contributed by atoms with E-state index in [0.717, 1.165) is 12.8 Å². The Labute approximate surface area is 184 Å². The molecule has 0 radical (unpaired) electrons. The number of likely N-dealkylation sites (tertiary alicyclic amines) is 1. The van der Waals surface area contributed by atoms with Crippen LogP contribution in [0, 0.1) is 10.1 Å². The maximum Gasteiger partial charge on any atom is 0.295 e. The molecule has 2 aliphatic heterocycles. The van der Waals surface area contributed by atoms with Crippen molar-refractivity contribution < 1.29 is 29.1 Å². The van der Waals surface area contributed by atoms with Crippen LogP contribution < -0.4 is 4.74 Å². The van der Waals surface area contributed by atoms with Crippen LogP contribution >= 0.6 is 0 Å². The maximum absolute atomic E-state index is 13.0. The topological polar surface area (TPSA) is 119 Å². The molecule has 2 fully saturated rings. The summed E-state index contributed by atoms with van der Waals surface area (Å²) in [4.78, 5) is 38.1. The number of nitrogens with zero attached hydrogens (tertiary/aromatic N) is 2. The summed E-state index contributed by atoms with van der Waals surface area (Å²) >= 11 is 0. The number of amides is 1. The molecule has 2 heterocycles. The molecule has 4 rings (SSSR count). The first-order valence-electron chi connectivity index (χ1n) is 10.2. The number of methoxy groups -OCH3 is 1. The lowest BCUT2D eigenvalue weighted by Crippen LogP contribution is -2.36. The van der Waals surface area contributed by atoms with Gasteiger partial charge in [-0.05, 0) is 42.7 Å². The van der Waals surface area contributed by atoms with Crippen LogP contribution in [-0.2, 0) is 14.3 Å². The number of rotatable bonds is 6. The van der Waals surface area contributed by atoms with Crippen LogP contribution in [0.3, 0.4) is 0 Å². The molecular weight excluding hydrogens is 416 g/mol. The van der Waals surface area contributed by atoms with E-state index in [9.17, 15) is 24.8 Å². The predicted molar refractivity (Wildman–Crippen MR) is 114 cm³/mol. The van der Waals surface area contributed by atoms with E-state index in [2.05, 4.69) is 0 Å². The summed E-state index contributed by atoms with van der Waals surface area (Å²) < 4.78 is 10.8. The van der Waals surface area contributed by atoms with Gasteiger partial charge in [0.25, 0.3) is 17.4 Å². The summed E-state index contributed by atoms with van der Waals surface area (Å²) in [5, 5.41) is 22.4. The summed E-state index contributed by atoms with van der Waals surface area (Å²) in [6, 6.07) is 11.2. The smallest absolute Gasteiger partial charge is 0.295 e. The van der Waals surface area contributed by atoms with E-state index in [1.165, 1.54) is 30.2 Å². The highest BCUT2D eigenvalue weighted by molar-refractivity contribution is 6.46. The van der Waals surface area contributed by atoms with Crippen LogP contribution in [0.1, 0.15) is 30.0 Å². The predicted octanol–water partition coefficient (Wildman–Crippen LogP) is 3.20. The van der Waals surface area contributed by atoms with Gasteiger partial charge in [0.15, 0.2) is 0 Å². The first-order chi connectivity index (χ1) is 15.4. The molecular formula is C23H22N2O7. The number of aliphatic hydroxyl groups excluding tert-OH is 1. The number of nitro groups is 1. The zero-order chi connectivity index (χ0) is 22.8. The number of ether oxygens (including phenoxy) is 2. The molecule has 0 unspecified atom stereocenters. The summed E-state index contributed by atoms with van der Waals surface area (Å²) in [5.41, 5.74) is 0.413. The fourth-order valence-corrected chi connectivity index (χ4v) is 4.14. The maximum atomic E-state index is 13.0. The third-order valence-corrected chi connectivity index (χ3v) is 5.72. The largest absolute Gasteiger partial charge is 0.507 e. The molecule has 9 nitrogen and oxygen atoms in total. The molecule has 1 N–H and O–H groups in total. The number of nitro benzene ring substituents is 1. The molecule has 2 aliphatic rings. The van der Waals surface area contributed by atoms with Gasteiger partial charge < -0.3 is 19.5 Å². The van der Waals surface area contributed by atoms with E-state index in [1.807, 2.05) is 0 Å². The lowest BCUT2D eigenvalue weighted by atomic mass is 9.95. The molecule has 9 heteroatoms. The highest BCUT2D eigenvalue weighted by Crippen LogP contribution is 2.41. The molecule has 0 aliphatic carbocycles. The molecule has 166 valence electrons. The van der Waals surface area contributed by atoms with Crippen molar-refractivity contribution in [3.63, 3.8) is 0 Å². The highest BCUT2D eigenvalue weighted by atomic mass is 16.6. The number of aliphatic hydroxyl groups is 1. The molecule has 2 aromatic rings. The highest BCUT2D eigenvalue weighted by Gasteiger charge is 2.47. The number of carbonyl (C=O) groups excluding carboxylic acids is 2. The second-order valence-electron chi connectivity index (χ2n) is 7.67. The van der Waals surface area contributed by atoms with Crippen LogP contribution in [0.25, 0.3) is 5.76 Å². The van der Waals surface area contributed by atoms with Crippen molar-refractivity contribution in [1.82, 2.24) is 4.90 Å². The number of hydrogen-bond donors (Lipinski definition) is 1. The van der Waals surface area contributed by atoms with Crippen molar-refractivity contribution >= 4 is 23.1 Å². The van der Waals surface area contributed by atoms with Crippen molar-refractivity contribution in [3.05, 3.63) is 75.3 Å². The minimum absolute atomic E-state index is 0.112. The van der Waals surface area contributed by atoms with Gasteiger partial charge >= 0.3 is 0 Å². The van der Waals surface area contributed by atoms with E-state index in [1.54, 1.807) is 30.3 Å². The van der Waals surface area contributed by atoms with Gasteiger partial charge in [-0.25, -0.2) is 0 Å². The Morgan fingerprint density at radius 3 is 2.62 bits per heavy atom. The Morgan fingerprint density at radius 1 is 1.25 bits per heavy atom. The molecule has 1 amide bonds. The van der Waals surface area contributed by atoms with Crippen LogP contribution in [0.5, 0.6) is 5.75 Å². The first-order valence-corrected chi connectivity index (χ1v) is 10.2. The second kappa shape index (κ2) is 8.80. The van der Waals surface area contributed by atoms with E-state index in [0.29, 0.717) is 23.5 Å². The monoisotopic (exact) mass is 438 g/mol. The minimum atomic E-state index is -0.971. The number of benzene rings is 2. The average Bonchev–Trinajstić information content (AvgIpc) is 3.41. The van der Waals surface area contributed by atoms with Crippen molar-refractivity contribution in [2.75, 3.05) is 20.3 Å². The van der Waals surface area contributed by atoms with Gasteiger partial charge in [-0.3, -0.25) is 19.7 Å². The van der Waals surface area contributed by atoms with Gasteiger partial charge in [-0.15, -0.1) is 0 Å². The van der Waals surface area contributed by atoms with E-state index in [4.69, 9.17) is 9.47 Å². The molecule has 2 atom stereocenters. The Kier molecular flexibility index (Phi) is 5.91. The van der Waals surface area contributed by atoms with Gasteiger partial charge in [0.2, 0.25) is 0 Å². The summed E-state index contributed by atoms with van der Waals surface area (Å²) in [6.45, 7) is 0.721. The van der Waals surface area contributed by atoms with Gasteiger partial charge in [-0.2, -0.15) is 0 Å². The molecule has 2 aromatic carbocycles. The summed E-state index contributed by atoms with van der Waals surface area (Å²) in [5.74, 6) is -1.40. The molecule has 32 heavy (non-hydrogen) atoms. The quantitative estimate of drug-likeness (QED) is 0.242. The number of Topliss-reactive ketones (excluding diaryl/α,β-unsaturated/α-hetero) is 1. The molecule has 0 aromatic heterocycles. The number of non-ortho nitro benzene ring substituents is 1. The standard InChI is InChI=1S/C23H22N2O7/c1-31-17-9-7-14(8-10-17)21(26)19-20(15-4-2-5-16(12-15)25(29)30)24(23(28)22(19)27)13-18-6-3-11-32-18/h2,4-5,7-10,12,18,20,26H,3,6,11,13H2,1H3/t18-,20+/m0/s1. The minimum Gasteiger partial charge on any atom is -0.507 e. The third-order valence-electron chi connectivity index (χ3n) is 5.72. The molecule has 0 bridgehead atoms. The Morgan fingerprint density at radius 2 is 2.00 bits per heavy atom. The number of carbonyl (C=O) groups is 2. The van der Waals surface area contributed by atoms with Crippen molar-refractivity contribution in [1.29, 1.82) is 0 Å². The SMILES string of the molecule is COc1ccc(C(O)=C2C(=O)C(=O)N(C[C@@H]3CCCO3)[C@@H]2c2cccc([N+](=O)[O-])c2)cc1. The van der Waals surface area contributed by atoms with Crippen molar-refractivity contribution in [2.24, 2.45) is 0 Å². The normalized spacial score (nSPS) is 22.3. The second-order valence-corrected chi connectivity index (χ2v) is 7.67. The van der Waals surface area contributed by atoms with Gasteiger partial charge in [0.05, 0.1) is 29.8 Å². The van der Waals surface area contributed by atoms with Gasteiger partial charge in [-0.1, -0.05) is 12.1 Å². The summed E-state index contributed by atoms with van der Waals surface area (Å²) in [7, 11) is 1.51. The van der Waals surface area contributed by atoms with E-state index in [-0.39, 0.29) is 29.7 Å². The zero-order valence-electron chi connectivity index (χ0n) is 17.4. The van der Waals surface area contributed by atoms with Crippen LogP contribution in [-0.4, -0.2) is 53.0 Å². The third kappa shape index (κ3) is 3.94. The van der Waals surface area contributed by atoms with Crippen molar-refractivity contribution in [3.8, 4) is 5.75 Å². The zero-order valence-corrected chi connectivity index (χ0v) is 17.4. The van der Waals surface area contributed by atoms with Crippen LogP contribution in [0.2, 0.25) is 0 Å². The Bertz CT molecular complexity index is 1090. The number of ketones is 1. The van der Waals surface area contributed by atoms with E-state index < -0.39 is 22.7 Å². The van der Waals surface area contributed by atoms with Gasteiger partial charge in [0, 0.05) is 30.8 Å². The molecule has 2 saturated heterocycles. The summed E-state index contributed by atoms with van der Waals surface area (Å²) in [6.07, 6.45) is 1.35. The van der Waals surface area contributed by atoms with Crippen LogP contribution in [0.15, 0.2) is 54.1 Å². The van der Waals surface area contributed by atoms with Gasteiger partial charge in [0.1, 0.15) is 11.5 Å².